The highest BCUT2D eigenvalue weighted by molar-refractivity contribution is 5.37. The van der Waals surface area contributed by atoms with Crippen LogP contribution in [0.5, 0.6) is 5.75 Å². The summed E-state index contributed by atoms with van der Waals surface area (Å²) in [6, 6.07) is 3.22. The van der Waals surface area contributed by atoms with Crippen LogP contribution in [-0.2, 0) is 6.54 Å². The van der Waals surface area contributed by atoms with E-state index in [9.17, 15) is 4.39 Å². The molecule has 0 fully saturated rings. The second-order valence-electron chi connectivity index (χ2n) is 2.63. The van der Waals surface area contributed by atoms with Gasteiger partial charge in [-0.15, -0.1) is 0 Å². The molecule has 1 aromatic carbocycles. The van der Waals surface area contributed by atoms with Crippen molar-refractivity contribution in [1.29, 1.82) is 0 Å². The standard InChI is InChI=1S/C9H12FNO/c1-6-3-7(5-11)4-8(10)9(6)12-2/h3-4H,5,11H2,1-2H3. The molecular formula is C9H12FNO. The van der Waals surface area contributed by atoms with Crippen LogP contribution in [0.4, 0.5) is 4.39 Å². The van der Waals surface area contributed by atoms with Crippen molar-refractivity contribution in [2.45, 2.75) is 13.5 Å². The maximum Gasteiger partial charge on any atom is 0.165 e. The first-order chi connectivity index (χ1) is 5.69. The first kappa shape index (κ1) is 9.00. The van der Waals surface area contributed by atoms with Gasteiger partial charge in [-0.3, -0.25) is 0 Å². The second-order valence-corrected chi connectivity index (χ2v) is 2.63. The summed E-state index contributed by atoms with van der Waals surface area (Å²) in [5, 5.41) is 0. The van der Waals surface area contributed by atoms with Crippen molar-refractivity contribution >= 4 is 0 Å². The Morgan fingerprint density at radius 1 is 1.50 bits per heavy atom. The van der Waals surface area contributed by atoms with Crippen LogP contribution in [0.2, 0.25) is 0 Å². The Hall–Kier alpha value is -1.09. The molecule has 0 bridgehead atoms. The molecule has 0 amide bonds. The number of rotatable bonds is 2. The van der Waals surface area contributed by atoms with Gasteiger partial charge in [0.1, 0.15) is 0 Å². The smallest absolute Gasteiger partial charge is 0.165 e. The highest BCUT2D eigenvalue weighted by atomic mass is 19.1. The molecule has 0 saturated carbocycles. The Labute approximate surface area is 71.1 Å². The minimum absolute atomic E-state index is 0.298. The number of hydrogen-bond donors (Lipinski definition) is 1. The third-order valence-electron chi connectivity index (χ3n) is 1.73. The van der Waals surface area contributed by atoms with Crippen molar-refractivity contribution in [2.75, 3.05) is 7.11 Å². The van der Waals surface area contributed by atoms with Crippen molar-refractivity contribution in [3.63, 3.8) is 0 Å². The first-order valence-corrected chi connectivity index (χ1v) is 3.72. The predicted octanol–water partition coefficient (Wildman–Crippen LogP) is 1.60. The zero-order valence-electron chi connectivity index (χ0n) is 7.23. The fourth-order valence-corrected chi connectivity index (χ4v) is 1.18. The molecule has 0 aliphatic rings. The van der Waals surface area contributed by atoms with E-state index >= 15 is 0 Å². The van der Waals surface area contributed by atoms with E-state index in [1.165, 1.54) is 13.2 Å². The van der Waals surface area contributed by atoms with Gasteiger partial charge in [-0.2, -0.15) is 0 Å². The lowest BCUT2D eigenvalue weighted by Crippen LogP contribution is -1.99. The van der Waals surface area contributed by atoms with Crippen LogP contribution in [0.1, 0.15) is 11.1 Å². The predicted molar refractivity (Wildman–Crippen MR) is 45.6 cm³/mol. The summed E-state index contributed by atoms with van der Waals surface area (Å²) in [7, 11) is 1.45. The molecule has 66 valence electrons. The van der Waals surface area contributed by atoms with E-state index in [-0.39, 0.29) is 5.82 Å². The first-order valence-electron chi connectivity index (χ1n) is 3.72. The van der Waals surface area contributed by atoms with Gasteiger partial charge < -0.3 is 10.5 Å². The van der Waals surface area contributed by atoms with Gasteiger partial charge in [-0.1, -0.05) is 6.07 Å². The zero-order valence-corrected chi connectivity index (χ0v) is 7.23. The topological polar surface area (TPSA) is 35.2 Å². The summed E-state index contributed by atoms with van der Waals surface area (Å²) in [5.74, 6) is -0.0508. The summed E-state index contributed by atoms with van der Waals surface area (Å²) in [6.45, 7) is 2.14. The molecule has 0 aliphatic heterocycles. The van der Waals surface area contributed by atoms with Crippen molar-refractivity contribution < 1.29 is 9.13 Å². The van der Waals surface area contributed by atoms with Crippen LogP contribution >= 0.6 is 0 Å². The van der Waals surface area contributed by atoms with Gasteiger partial charge >= 0.3 is 0 Å². The van der Waals surface area contributed by atoms with Crippen molar-refractivity contribution in [2.24, 2.45) is 5.73 Å². The van der Waals surface area contributed by atoms with Gasteiger partial charge in [0, 0.05) is 6.54 Å². The second kappa shape index (κ2) is 3.54. The average molecular weight is 169 g/mol. The van der Waals surface area contributed by atoms with Crippen LogP contribution in [0.3, 0.4) is 0 Å². The molecule has 12 heavy (non-hydrogen) atoms. The van der Waals surface area contributed by atoms with Crippen LogP contribution < -0.4 is 10.5 Å². The fourth-order valence-electron chi connectivity index (χ4n) is 1.18. The lowest BCUT2D eigenvalue weighted by Gasteiger charge is -2.07. The van der Waals surface area contributed by atoms with E-state index in [0.717, 1.165) is 11.1 Å². The quantitative estimate of drug-likeness (QED) is 0.729. The number of methoxy groups -OCH3 is 1. The Kier molecular flexibility index (Phi) is 2.65. The molecule has 0 heterocycles. The van der Waals surface area contributed by atoms with Gasteiger partial charge in [0.15, 0.2) is 11.6 Å². The summed E-state index contributed by atoms with van der Waals surface area (Å²) in [5.41, 5.74) is 6.93. The van der Waals surface area contributed by atoms with Crippen LogP contribution in [0.25, 0.3) is 0 Å². The summed E-state index contributed by atoms with van der Waals surface area (Å²) in [6.07, 6.45) is 0. The lowest BCUT2D eigenvalue weighted by molar-refractivity contribution is 0.383. The van der Waals surface area contributed by atoms with Gasteiger partial charge in [0.2, 0.25) is 0 Å². The third-order valence-corrected chi connectivity index (χ3v) is 1.73. The molecule has 0 radical (unpaired) electrons. The number of aryl methyl sites for hydroxylation is 1. The van der Waals surface area contributed by atoms with Gasteiger partial charge in [-0.05, 0) is 24.1 Å². The molecule has 0 unspecified atom stereocenters. The van der Waals surface area contributed by atoms with Crippen LogP contribution in [0.15, 0.2) is 12.1 Å². The van der Waals surface area contributed by atoms with E-state index < -0.39 is 0 Å². The number of hydrogen-bond acceptors (Lipinski definition) is 2. The van der Waals surface area contributed by atoms with E-state index in [4.69, 9.17) is 10.5 Å². The molecular weight excluding hydrogens is 157 g/mol. The number of benzene rings is 1. The summed E-state index contributed by atoms with van der Waals surface area (Å²) < 4.78 is 18.0. The van der Waals surface area contributed by atoms with Gasteiger partial charge in [0.05, 0.1) is 7.11 Å². The molecule has 0 aliphatic carbocycles. The zero-order chi connectivity index (χ0) is 9.14. The SMILES string of the molecule is COc1c(C)cc(CN)cc1F. The Morgan fingerprint density at radius 2 is 2.17 bits per heavy atom. The molecule has 0 saturated heterocycles. The molecule has 0 spiro atoms. The summed E-state index contributed by atoms with van der Waals surface area (Å²) in [4.78, 5) is 0. The molecule has 3 heteroatoms. The van der Waals surface area contributed by atoms with E-state index in [1.54, 1.807) is 6.92 Å². The minimum atomic E-state index is -0.349. The summed E-state index contributed by atoms with van der Waals surface area (Å²) >= 11 is 0. The highest BCUT2D eigenvalue weighted by Crippen LogP contribution is 2.22. The lowest BCUT2D eigenvalue weighted by atomic mass is 10.1. The number of ether oxygens (including phenoxy) is 1. The molecule has 1 aromatic rings. The Balaban J connectivity index is 3.18. The van der Waals surface area contributed by atoms with Crippen molar-refractivity contribution in [3.8, 4) is 5.75 Å². The maximum atomic E-state index is 13.1. The third kappa shape index (κ3) is 1.56. The number of nitrogens with two attached hydrogens (primary N) is 1. The molecule has 0 atom stereocenters. The highest BCUT2D eigenvalue weighted by Gasteiger charge is 2.06. The molecule has 0 aromatic heterocycles. The van der Waals surface area contributed by atoms with E-state index in [0.29, 0.717) is 12.3 Å². The number of halogens is 1. The largest absolute Gasteiger partial charge is 0.493 e. The van der Waals surface area contributed by atoms with Crippen LogP contribution in [0, 0.1) is 12.7 Å². The molecule has 2 N–H and O–H groups in total. The Morgan fingerprint density at radius 3 is 2.58 bits per heavy atom. The monoisotopic (exact) mass is 169 g/mol. The van der Waals surface area contributed by atoms with E-state index in [1.807, 2.05) is 6.07 Å². The maximum absolute atomic E-state index is 13.1. The van der Waals surface area contributed by atoms with Crippen molar-refractivity contribution in [3.05, 3.63) is 29.1 Å². The average Bonchev–Trinajstić information content (AvgIpc) is 2.03. The van der Waals surface area contributed by atoms with Gasteiger partial charge in [0.25, 0.3) is 0 Å². The minimum Gasteiger partial charge on any atom is -0.493 e. The van der Waals surface area contributed by atoms with Crippen molar-refractivity contribution in [1.82, 2.24) is 0 Å². The molecule has 1 rings (SSSR count). The molecule has 2 nitrogen and oxygen atoms in total. The van der Waals surface area contributed by atoms with Gasteiger partial charge in [-0.25, -0.2) is 4.39 Å². The van der Waals surface area contributed by atoms with Crippen LogP contribution in [-0.4, -0.2) is 7.11 Å². The fraction of sp³-hybridized carbons (Fsp3) is 0.333. The Bertz CT molecular complexity index is 263. The normalized spacial score (nSPS) is 10.0. The van der Waals surface area contributed by atoms with E-state index in [2.05, 4.69) is 0 Å².